The molecule has 0 saturated heterocycles. The lowest BCUT2D eigenvalue weighted by Crippen LogP contribution is -2.37. The average molecular weight is 476 g/mol. The first kappa shape index (κ1) is 18.6. The minimum Gasteiger partial charge on any atom is -0.506 e. The van der Waals surface area contributed by atoms with Crippen molar-refractivity contribution in [2.75, 3.05) is 5.01 Å². The standard InChI is InChI=1S/C20H16Br2N2O2/c1-12(8-13-9-17(21)19(25)18(22)10-13)20(26)24(23)16-7-6-14-4-2-3-5-15(14)11-16/h2-11,25H,23H2,1H3. The van der Waals surface area contributed by atoms with E-state index in [2.05, 4.69) is 31.9 Å². The molecule has 0 bridgehead atoms. The molecule has 3 N–H and O–H groups in total. The summed E-state index contributed by atoms with van der Waals surface area (Å²) in [6.45, 7) is 1.71. The first-order valence-electron chi connectivity index (χ1n) is 7.81. The summed E-state index contributed by atoms with van der Waals surface area (Å²) in [5.41, 5.74) is 1.86. The number of carbonyl (C=O) groups excluding carboxylic acids is 1. The molecule has 0 aromatic heterocycles. The monoisotopic (exact) mass is 474 g/mol. The quantitative estimate of drug-likeness (QED) is 0.231. The van der Waals surface area contributed by atoms with Crippen LogP contribution >= 0.6 is 31.9 Å². The number of hydrogen-bond acceptors (Lipinski definition) is 3. The van der Waals surface area contributed by atoms with Crippen LogP contribution in [0.1, 0.15) is 12.5 Å². The fourth-order valence-electron chi connectivity index (χ4n) is 2.61. The van der Waals surface area contributed by atoms with E-state index < -0.39 is 0 Å². The summed E-state index contributed by atoms with van der Waals surface area (Å²) >= 11 is 6.57. The number of nitrogens with two attached hydrogens (primary N) is 1. The summed E-state index contributed by atoms with van der Waals surface area (Å²) in [5.74, 6) is 5.86. The fourth-order valence-corrected chi connectivity index (χ4v) is 3.84. The van der Waals surface area contributed by atoms with Crippen LogP contribution in [-0.2, 0) is 4.79 Å². The number of hydrogen-bond donors (Lipinski definition) is 2. The Labute approximate surface area is 168 Å². The molecular weight excluding hydrogens is 460 g/mol. The van der Waals surface area contributed by atoms with Crippen LogP contribution in [0.25, 0.3) is 16.8 Å². The summed E-state index contributed by atoms with van der Waals surface area (Å²) in [6.07, 6.45) is 1.72. The fraction of sp³-hybridized carbons (Fsp3) is 0.0500. The predicted octanol–water partition coefficient (Wildman–Crippen LogP) is 5.38. The molecule has 0 heterocycles. The second-order valence-corrected chi connectivity index (χ2v) is 7.58. The van der Waals surface area contributed by atoms with Crippen molar-refractivity contribution in [3.63, 3.8) is 0 Å². The van der Waals surface area contributed by atoms with Crippen molar-refractivity contribution in [2.24, 2.45) is 5.84 Å². The van der Waals surface area contributed by atoms with Crippen molar-refractivity contribution in [3.05, 3.63) is 74.7 Å². The van der Waals surface area contributed by atoms with E-state index in [0.717, 1.165) is 21.3 Å². The molecule has 0 fully saturated rings. The Morgan fingerprint density at radius 3 is 2.31 bits per heavy atom. The zero-order valence-corrected chi connectivity index (χ0v) is 17.1. The third-order valence-corrected chi connectivity index (χ3v) is 5.20. The Bertz CT molecular complexity index is 1010. The zero-order valence-electron chi connectivity index (χ0n) is 13.9. The predicted molar refractivity (Wildman–Crippen MR) is 113 cm³/mol. The SMILES string of the molecule is CC(=Cc1cc(Br)c(O)c(Br)c1)C(=O)N(N)c1ccc2ccccc2c1. The second-order valence-electron chi connectivity index (χ2n) is 5.87. The highest BCUT2D eigenvalue weighted by molar-refractivity contribution is 9.11. The maximum absolute atomic E-state index is 12.7. The molecule has 0 aliphatic heterocycles. The highest BCUT2D eigenvalue weighted by Gasteiger charge is 2.15. The summed E-state index contributed by atoms with van der Waals surface area (Å²) in [7, 11) is 0. The summed E-state index contributed by atoms with van der Waals surface area (Å²) in [6, 6.07) is 17.0. The number of aromatic hydroxyl groups is 1. The van der Waals surface area contributed by atoms with E-state index in [1.807, 2.05) is 42.5 Å². The van der Waals surface area contributed by atoms with Crippen LogP contribution in [0.2, 0.25) is 0 Å². The lowest BCUT2D eigenvalue weighted by Gasteiger charge is -2.18. The van der Waals surface area contributed by atoms with Crippen LogP contribution < -0.4 is 10.9 Å². The number of hydrazine groups is 1. The molecular formula is C20H16Br2N2O2. The minimum atomic E-state index is -0.305. The average Bonchev–Trinajstić information content (AvgIpc) is 2.64. The Hall–Kier alpha value is -2.15. The van der Waals surface area contributed by atoms with Crippen molar-refractivity contribution in [1.29, 1.82) is 0 Å². The molecule has 1 amide bonds. The molecule has 6 heteroatoms. The summed E-state index contributed by atoms with van der Waals surface area (Å²) < 4.78 is 1.08. The molecule has 4 nitrogen and oxygen atoms in total. The first-order chi connectivity index (χ1) is 12.4. The Balaban J connectivity index is 1.89. The molecule has 0 radical (unpaired) electrons. The topological polar surface area (TPSA) is 66.6 Å². The summed E-state index contributed by atoms with van der Waals surface area (Å²) in [4.78, 5) is 12.7. The van der Waals surface area contributed by atoms with Crippen LogP contribution in [0, 0.1) is 0 Å². The Morgan fingerprint density at radius 2 is 1.65 bits per heavy atom. The number of phenols is 1. The number of anilines is 1. The zero-order chi connectivity index (χ0) is 18.8. The molecule has 0 saturated carbocycles. The van der Waals surface area contributed by atoms with Crippen LogP contribution in [0.4, 0.5) is 5.69 Å². The van der Waals surface area contributed by atoms with Crippen LogP contribution in [0.15, 0.2) is 69.1 Å². The number of carbonyl (C=O) groups is 1. The molecule has 0 aliphatic carbocycles. The van der Waals surface area contributed by atoms with Crippen molar-refractivity contribution >= 4 is 60.3 Å². The highest BCUT2D eigenvalue weighted by atomic mass is 79.9. The van der Waals surface area contributed by atoms with Gasteiger partial charge < -0.3 is 5.11 Å². The van der Waals surface area contributed by atoms with E-state index in [-0.39, 0.29) is 11.7 Å². The summed E-state index contributed by atoms with van der Waals surface area (Å²) in [5, 5.41) is 13.0. The second kappa shape index (κ2) is 7.61. The van der Waals surface area contributed by atoms with E-state index in [1.54, 1.807) is 25.1 Å². The number of rotatable bonds is 3. The van der Waals surface area contributed by atoms with Crippen molar-refractivity contribution in [2.45, 2.75) is 6.92 Å². The molecule has 3 rings (SSSR count). The highest BCUT2D eigenvalue weighted by Crippen LogP contribution is 2.34. The molecule has 0 spiro atoms. The van der Waals surface area contributed by atoms with E-state index in [0.29, 0.717) is 20.2 Å². The number of halogens is 2. The molecule has 132 valence electrons. The van der Waals surface area contributed by atoms with Gasteiger partial charge in [0.25, 0.3) is 5.91 Å². The van der Waals surface area contributed by atoms with Crippen LogP contribution in [0.3, 0.4) is 0 Å². The van der Waals surface area contributed by atoms with Gasteiger partial charge in [0.2, 0.25) is 0 Å². The number of phenolic OH excluding ortho intramolecular Hbond substituents is 1. The third-order valence-electron chi connectivity index (χ3n) is 3.99. The maximum Gasteiger partial charge on any atom is 0.268 e. The van der Waals surface area contributed by atoms with Gasteiger partial charge in [0, 0.05) is 5.57 Å². The maximum atomic E-state index is 12.7. The van der Waals surface area contributed by atoms with E-state index in [9.17, 15) is 9.90 Å². The van der Waals surface area contributed by atoms with E-state index in [4.69, 9.17) is 5.84 Å². The smallest absolute Gasteiger partial charge is 0.268 e. The van der Waals surface area contributed by atoms with Gasteiger partial charge in [-0.1, -0.05) is 30.3 Å². The molecule has 3 aromatic rings. The van der Waals surface area contributed by atoms with E-state index >= 15 is 0 Å². The van der Waals surface area contributed by atoms with Gasteiger partial charge in [0.1, 0.15) is 5.75 Å². The molecule has 26 heavy (non-hydrogen) atoms. The van der Waals surface area contributed by atoms with Gasteiger partial charge >= 0.3 is 0 Å². The van der Waals surface area contributed by atoms with Gasteiger partial charge in [-0.2, -0.15) is 0 Å². The minimum absolute atomic E-state index is 0.114. The van der Waals surface area contributed by atoms with Gasteiger partial charge in [0.15, 0.2) is 0 Å². The van der Waals surface area contributed by atoms with E-state index in [1.165, 1.54) is 0 Å². The molecule has 0 aliphatic rings. The molecule has 0 unspecified atom stereocenters. The lowest BCUT2D eigenvalue weighted by atomic mass is 10.1. The van der Waals surface area contributed by atoms with Crippen LogP contribution in [-0.4, -0.2) is 11.0 Å². The Kier molecular flexibility index (Phi) is 5.46. The van der Waals surface area contributed by atoms with Crippen molar-refractivity contribution < 1.29 is 9.90 Å². The van der Waals surface area contributed by atoms with Gasteiger partial charge in [0.05, 0.1) is 14.6 Å². The lowest BCUT2D eigenvalue weighted by molar-refractivity contribution is -0.115. The number of amides is 1. The van der Waals surface area contributed by atoms with Gasteiger partial charge in [-0.25, -0.2) is 10.9 Å². The first-order valence-corrected chi connectivity index (χ1v) is 9.39. The van der Waals surface area contributed by atoms with Crippen molar-refractivity contribution in [3.8, 4) is 5.75 Å². The van der Waals surface area contributed by atoms with Crippen LogP contribution in [0.5, 0.6) is 5.75 Å². The molecule has 3 aromatic carbocycles. The Morgan fingerprint density at radius 1 is 1.04 bits per heavy atom. The largest absolute Gasteiger partial charge is 0.506 e. The number of fused-ring (bicyclic) bond motifs is 1. The van der Waals surface area contributed by atoms with Crippen molar-refractivity contribution in [1.82, 2.24) is 0 Å². The van der Waals surface area contributed by atoms with Gasteiger partial charge in [-0.05, 0) is 85.5 Å². The normalized spacial score (nSPS) is 11.6. The number of nitrogens with zero attached hydrogens (tertiary/aromatic N) is 1. The third kappa shape index (κ3) is 3.82. The molecule has 0 atom stereocenters. The van der Waals surface area contributed by atoms with Gasteiger partial charge in [-0.3, -0.25) is 4.79 Å². The number of benzene rings is 3. The van der Waals surface area contributed by atoms with Gasteiger partial charge in [-0.15, -0.1) is 0 Å².